The van der Waals surface area contributed by atoms with Crippen LogP contribution in [-0.4, -0.2) is 18.6 Å². The lowest BCUT2D eigenvalue weighted by Gasteiger charge is -2.22. The number of hydrogen-bond donors (Lipinski definition) is 1. The second kappa shape index (κ2) is 12.5. The summed E-state index contributed by atoms with van der Waals surface area (Å²) in [5, 5.41) is 2.99. The number of carbonyl (C=O) groups is 1. The molecule has 32 heavy (non-hydrogen) atoms. The van der Waals surface area contributed by atoms with Crippen molar-refractivity contribution in [3.05, 3.63) is 54.1 Å². The molecule has 2 aromatic carbocycles. The lowest BCUT2D eigenvalue weighted by molar-refractivity contribution is -0.122. The van der Waals surface area contributed by atoms with E-state index in [2.05, 4.69) is 25.2 Å². The van der Waals surface area contributed by atoms with Gasteiger partial charge in [0.25, 0.3) is 5.91 Å². The number of rotatable bonds is 11. The zero-order valence-corrected chi connectivity index (χ0v) is 19.9. The molecule has 1 aliphatic rings. The molecule has 0 aromatic heterocycles. The van der Waals surface area contributed by atoms with Crippen LogP contribution in [0, 0.1) is 5.92 Å². The van der Waals surface area contributed by atoms with Gasteiger partial charge in [0.15, 0.2) is 6.10 Å². The molecule has 0 spiro atoms. The zero-order chi connectivity index (χ0) is 22.8. The first-order valence-electron chi connectivity index (χ1n) is 12.4. The van der Waals surface area contributed by atoms with Crippen molar-refractivity contribution in [1.82, 2.24) is 0 Å². The summed E-state index contributed by atoms with van der Waals surface area (Å²) >= 11 is 0. The number of para-hydroxylation sites is 1. The maximum absolute atomic E-state index is 12.9. The number of ether oxygens (including phenoxy) is 2. The minimum atomic E-state index is -0.536. The van der Waals surface area contributed by atoms with Gasteiger partial charge in [0.2, 0.25) is 0 Å². The lowest BCUT2D eigenvalue weighted by Crippen LogP contribution is -2.32. The Kier molecular flexibility index (Phi) is 9.45. The average Bonchev–Trinajstić information content (AvgIpc) is 2.84. The fraction of sp³-hybridized carbons (Fsp3) is 0.536. The first kappa shape index (κ1) is 24.2. The molecule has 4 nitrogen and oxygen atoms in total. The maximum atomic E-state index is 12.9. The highest BCUT2D eigenvalue weighted by molar-refractivity contribution is 5.94. The van der Waals surface area contributed by atoms with Crippen molar-refractivity contribution in [2.24, 2.45) is 5.92 Å². The first-order valence-corrected chi connectivity index (χ1v) is 12.4. The van der Waals surface area contributed by atoms with E-state index in [0.29, 0.717) is 12.3 Å². The Morgan fingerprint density at radius 3 is 2.41 bits per heavy atom. The van der Waals surface area contributed by atoms with Gasteiger partial charge in [-0.25, -0.2) is 0 Å². The Balaban J connectivity index is 1.51. The third kappa shape index (κ3) is 7.01. The van der Waals surface area contributed by atoms with Gasteiger partial charge in [-0.3, -0.25) is 4.79 Å². The number of hydrogen-bond acceptors (Lipinski definition) is 3. The number of amides is 1. The van der Waals surface area contributed by atoms with E-state index >= 15 is 0 Å². The summed E-state index contributed by atoms with van der Waals surface area (Å²) in [6, 6.07) is 15.7. The summed E-state index contributed by atoms with van der Waals surface area (Å²) in [6.45, 7) is 7.08. The molecule has 0 heterocycles. The van der Waals surface area contributed by atoms with E-state index in [0.717, 1.165) is 48.1 Å². The number of nitrogens with one attached hydrogen (secondary N) is 1. The largest absolute Gasteiger partial charge is 0.494 e. The Morgan fingerprint density at radius 1 is 1.00 bits per heavy atom. The molecule has 2 unspecified atom stereocenters. The summed E-state index contributed by atoms with van der Waals surface area (Å²) in [5.41, 5.74) is 1.91. The predicted molar refractivity (Wildman–Crippen MR) is 132 cm³/mol. The molecule has 174 valence electrons. The third-order valence-corrected chi connectivity index (χ3v) is 6.64. The highest BCUT2D eigenvalue weighted by atomic mass is 16.5. The Labute approximate surface area is 193 Å². The molecule has 0 aliphatic heterocycles. The van der Waals surface area contributed by atoms with Crippen molar-refractivity contribution in [2.75, 3.05) is 11.9 Å². The topological polar surface area (TPSA) is 47.6 Å². The molecule has 4 heteroatoms. The second-order valence-corrected chi connectivity index (χ2v) is 9.02. The van der Waals surface area contributed by atoms with Gasteiger partial charge in [0, 0.05) is 5.69 Å². The standard InChI is InChI=1S/C28H39NO3/c1-4-21(3)25-13-9-10-14-27(25)32-26(5-2)28(30)29-23-15-17-24(18-16-23)31-20-19-22-11-7-6-8-12-22/h9-10,13-18,21-22,26H,4-8,11-12,19-20H2,1-3H3,(H,29,30). The number of carbonyl (C=O) groups excluding carboxylic acids is 1. The lowest BCUT2D eigenvalue weighted by atomic mass is 9.87. The molecule has 1 N–H and O–H groups in total. The van der Waals surface area contributed by atoms with E-state index in [1.54, 1.807) is 0 Å². The van der Waals surface area contributed by atoms with Crippen LogP contribution in [-0.2, 0) is 4.79 Å². The smallest absolute Gasteiger partial charge is 0.265 e. The van der Waals surface area contributed by atoms with Crippen molar-refractivity contribution in [1.29, 1.82) is 0 Å². The highest BCUT2D eigenvalue weighted by Gasteiger charge is 2.21. The Hall–Kier alpha value is -2.49. The maximum Gasteiger partial charge on any atom is 0.265 e. The van der Waals surface area contributed by atoms with Gasteiger partial charge >= 0.3 is 0 Å². The third-order valence-electron chi connectivity index (χ3n) is 6.64. The van der Waals surface area contributed by atoms with Crippen LogP contribution in [0.4, 0.5) is 5.69 Å². The Morgan fingerprint density at radius 2 is 1.72 bits per heavy atom. The van der Waals surface area contributed by atoms with Crippen molar-refractivity contribution in [2.45, 2.75) is 84.2 Å². The molecule has 0 saturated heterocycles. The highest BCUT2D eigenvalue weighted by Crippen LogP contribution is 2.30. The van der Waals surface area contributed by atoms with Gasteiger partial charge in [-0.15, -0.1) is 0 Å². The number of anilines is 1. The number of benzene rings is 2. The normalized spacial score (nSPS) is 16.2. The van der Waals surface area contributed by atoms with Crippen molar-refractivity contribution >= 4 is 11.6 Å². The quantitative estimate of drug-likeness (QED) is 0.400. The molecule has 1 amide bonds. The summed E-state index contributed by atoms with van der Waals surface area (Å²) in [5.74, 6) is 2.73. The van der Waals surface area contributed by atoms with E-state index in [4.69, 9.17) is 9.47 Å². The summed E-state index contributed by atoms with van der Waals surface area (Å²) in [4.78, 5) is 12.9. The van der Waals surface area contributed by atoms with Gasteiger partial charge in [0.05, 0.1) is 6.61 Å². The fourth-order valence-electron chi connectivity index (χ4n) is 4.37. The van der Waals surface area contributed by atoms with Gasteiger partial charge in [-0.05, 0) is 67.0 Å². The molecule has 1 saturated carbocycles. The minimum Gasteiger partial charge on any atom is -0.494 e. The molecule has 2 aromatic rings. The van der Waals surface area contributed by atoms with Crippen molar-refractivity contribution in [3.63, 3.8) is 0 Å². The van der Waals surface area contributed by atoms with E-state index in [1.807, 2.05) is 49.4 Å². The predicted octanol–water partition coefficient (Wildman–Crippen LogP) is 7.35. The van der Waals surface area contributed by atoms with Gasteiger partial charge in [-0.1, -0.05) is 71.1 Å². The van der Waals surface area contributed by atoms with Crippen LogP contribution in [0.5, 0.6) is 11.5 Å². The molecular weight excluding hydrogens is 398 g/mol. The molecule has 1 aliphatic carbocycles. The van der Waals surface area contributed by atoms with Crippen molar-refractivity contribution in [3.8, 4) is 11.5 Å². The molecule has 3 rings (SSSR count). The fourth-order valence-corrected chi connectivity index (χ4v) is 4.37. The van der Waals surface area contributed by atoms with Crippen LogP contribution in [0.3, 0.4) is 0 Å². The average molecular weight is 438 g/mol. The summed E-state index contributed by atoms with van der Waals surface area (Å²) < 4.78 is 12.1. The Bertz CT molecular complexity index is 827. The van der Waals surface area contributed by atoms with Crippen LogP contribution in [0.25, 0.3) is 0 Å². The summed E-state index contributed by atoms with van der Waals surface area (Å²) in [7, 11) is 0. The van der Waals surface area contributed by atoms with E-state index < -0.39 is 6.10 Å². The minimum absolute atomic E-state index is 0.127. The van der Waals surface area contributed by atoms with Gasteiger partial charge < -0.3 is 14.8 Å². The molecule has 0 radical (unpaired) electrons. The van der Waals surface area contributed by atoms with Crippen LogP contribution in [0.15, 0.2) is 48.5 Å². The van der Waals surface area contributed by atoms with E-state index in [9.17, 15) is 4.79 Å². The summed E-state index contributed by atoms with van der Waals surface area (Å²) in [6.07, 6.45) is 9.03. The van der Waals surface area contributed by atoms with Crippen LogP contribution in [0.1, 0.15) is 83.6 Å². The molecule has 0 bridgehead atoms. The molecule has 1 fully saturated rings. The second-order valence-electron chi connectivity index (χ2n) is 9.02. The van der Waals surface area contributed by atoms with Crippen molar-refractivity contribution < 1.29 is 14.3 Å². The van der Waals surface area contributed by atoms with E-state index in [1.165, 1.54) is 32.1 Å². The van der Waals surface area contributed by atoms with E-state index in [-0.39, 0.29) is 5.91 Å². The SMILES string of the molecule is CCC(Oc1ccccc1C(C)CC)C(=O)Nc1ccc(OCCC2CCCCC2)cc1. The zero-order valence-electron chi connectivity index (χ0n) is 19.9. The van der Waals surface area contributed by atoms with Gasteiger partial charge in [-0.2, -0.15) is 0 Å². The van der Waals surface area contributed by atoms with Crippen LogP contribution >= 0.6 is 0 Å². The molecular formula is C28H39NO3. The van der Waals surface area contributed by atoms with Crippen LogP contribution < -0.4 is 14.8 Å². The van der Waals surface area contributed by atoms with Gasteiger partial charge in [0.1, 0.15) is 11.5 Å². The first-order chi connectivity index (χ1) is 15.6. The van der Waals surface area contributed by atoms with Crippen LogP contribution in [0.2, 0.25) is 0 Å². The monoisotopic (exact) mass is 437 g/mol. The molecule has 2 atom stereocenters.